The number of unbranched alkanes of at least 4 members (excludes halogenated alkanes) is 1. The Balaban J connectivity index is 2.21. The molecule has 0 saturated heterocycles. The number of carbonyl (C=O) groups excluding carboxylic acids is 1. The zero-order valence-electron chi connectivity index (χ0n) is 9.01. The monoisotopic (exact) mass is 182 g/mol. The molecule has 1 aliphatic rings. The van der Waals surface area contributed by atoms with Crippen molar-refractivity contribution in [1.29, 1.82) is 0 Å². The van der Waals surface area contributed by atoms with Crippen molar-refractivity contribution in [2.24, 2.45) is 11.8 Å². The molecule has 0 aromatic rings. The lowest BCUT2D eigenvalue weighted by Gasteiger charge is -2.12. The highest BCUT2D eigenvalue weighted by Gasteiger charge is 2.27. The van der Waals surface area contributed by atoms with Crippen LogP contribution in [0.25, 0.3) is 0 Å². The van der Waals surface area contributed by atoms with Crippen LogP contribution in [0, 0.1) is 11.8 Å². The number of carbonyl (C=O) groups is 1. The lowest BCUT2D eigenvalue weighted by molar-refractivity contribution is -0.123. The number of hydrogen-bond acceptors (Lipinski definition) is 1. The Kier molecular flexibility index (Phi) is 4.47. The maximum atomic E-state index is 11.7. The second kappa shape index (κ2) is 5.41. The Morgan fingerprint density at radius 1 is 1.38 bits per heavy atom. The van der Waals surface area contributed by atoms with Crippen molar-refractivity contribution in [2.45, 2.75) is 58.8 Å². The summed E-state index contributed by atoms with van der Waals surface area (Å²) in [7, 11) is 0. The van der Waals surface area contributed by atoms with E-state index in [2.05, 4.69) is 13.8 Å². The van der Waals surface area contributed by atoms with Crippen LogP contribution in [0.2, 0.25) is 0 Å². The maximum Gasteiger partial charge on any atom is 0.136 e. The Morgan fingerprint density at radius 2 is 2.08 bits per heavy atom. The molecule has 1 atom stereocenters. The molecule has 0 aromatic carbocycles. The molecule has 1 rings (SSSR count). The van der Waals surface area contributed by atoms with Crippen molar-refractivity contribution < 1.29 is 4.79 Å². The van der Waals surface area contributed by atoms with Gasteiger partial charge in [-0.3, -0.25) is 4.79 Å². The van der Waals surface area contributed by atoms with E-state index in [9.17, 15) is 4.79 Å². The molecule has 13 heavy (non-hydrogen) atoms. The van der Waals surface area contributed by atoms with E-state index >= 15 is 0 Å². The first kappa shape index (κ1) is 10.7. The molecule has 0 N–H and O–H groups in total. The van der Waals surface area contributed by atoms with Crippen LogP contribution in [-0.4, -0.2) is 5.78 Å². The molecule has 1 nitrogen and oxygen atoms in total. The summed E-state index contributed by atoms with van der Waals surface area (Å²) < 4.78 is 0. The zero-order chi connectivity index (χ0) is 9.68. The molecule has 1 aliphatic carbocycles. The summed E-state index contributed by atoms with van der Waals surface area (Å²) in [5.74, 6) is 1.68. The summed E-state index contributed by atoms with van der Waals surface area (Å²) in [5, 5.41) is 0. The molecule has 1 heteroatoms. The molecular formula is C12H22O. The van der Waals surface area contributed by atoms with E-state index in [1.54, 1.807) is 0 Å². The fourth-order valence-electron chi connectivity index (χ4n) is 1.82. The van der Waals surface area contributed by atoms with E-state index in [-0.39, 0.29) is 0 Å². The molecule has 0 spiro atoms. The summed E-state index contributed by atoms with van der Waals surface area (Å²) >= 11 is 0. The molecule has 76 valence electrons. The summed E-state index contributed by atoms with van der Waals surface area (Å²) in [6.45, 7) is 4.34. The third-order valence-corrected chi connectivity index (χ3v) is 3.04. The van der Waals surface area contributed by atoms with Crippen LogP contribution in [0.1, 0.15) is 58.8 Å². The first-order valence-electron chi connectivity index (χ1n) is 5.80. The minimum atomic E-state index is 0.376. The van der Waals surface area contributed by atoms with Crippen LogP contribution in [0.15, 0.2) is 0 Å². The molecule has 0 aliphatic heterocycles. The lowest BCUT2D eigenvalue weighted by Crippen LogP contribution is -2.14. The summed E-state index contributed by atoms with van der Waals surface area (Å²) in [6, 6.07) is 0. The summed E-state index contributed by atoms with van der Waals surface area (Å²) in [6.07, 6.45) is 8.08. The van der Waals surface area contributed by atoms with Gasteiger partial charge in [0.2, 0.25) is 0 Å². The van der Waals surface area contributed by atoms with Crippen LogP contribution in [0.3, 0.4) is 0 Å². The highest BCUT2D eigenvalue weighted by atomic mass is 16.1. The molecule has 1 unspecified atom stereocenters. The third kappa shape index (κ3) is 3.93. The first-order valence-corrected chi connectivity index (χ1v) is 5.80. The van der Waals surface area contributed by atoms with Crippen LogP contribution >= 0.6 is 0 Å². The maximum absolute atomic E-state index is 11.7. The molecule has 0 bridgehead atoms. The van der Waals surface area contributed by atoms with E-state index < -0.39 is 0 Å². The van der Waals surface area contributed by atoms with Gasteiger partial charge in [0.15, 0.2) is 0 Å². The van der Waals surface area contributed by atoms with Gasteiger partial charge in [0, 0.05) is 12.3 Å². The minimum absolute atomic E-state index is 0.376. The Bertz CT molecular complexity index is 159. The molecule has 0 heterocycles. The van der Waals surface area contributed by atoms with Crippen molar-refractivity contribution in [2.75, 3.05) is 0 Å². The van der Waals surface area contributed by atoms with Gasteiger partial charge in [-0.2, -0.15) is 0 Å². The average Bonchev–Trinajstić information content (AvgIpc) is 2.90. The number of rotatable bonds is 7. The quantitative estimate of drug-likeness (QED) is 0.588. The fraction of sp³-hybridized carbons (Fsp3) is 0.917. The van der Waals surface area contributed by atoms with Crippen molar-refractivity contribution in [3.63, 3.8) is 0 Å². The van der Waals surface area contributed by atoms with E-state index in [4.69, 9.17) is 0 Å². The minimum Gasteiger partial charge on any atom is -0.299 e. The number of hydrogen-bond donors (Lipinski definition) is 0. The van der Waals surface area contributed by atoms with Crippen molar-refractivity contribution in [3.8, 4) is 0 Å². The first-order chi connectivity index (χ1) is 6.27. The van der Waals surface area contributed by atoms with Gasteiger partial charge in [-0.1, -0.05) is 26.7 Å². The fourth-order valence-corrected chi connectivity index (χ4v) is 1.82. The predicted molar refractivity (Wildman–Crippen MR) is 55.7 cm³/mol. The van der Waals surface area contributed by atoms with Crippen LogP contribution < -0.4 is 0 Å². The highest BCUT2D eigenvalue weighted by molar-refractivity contribution is 5.81. The molecule has 0 amide bonds. The van der Waals surface area contributed by atoms with Crippen molar-refractivity contribution in [1.82, 2.24) is 0 Å². The van der Waals surface area contributed by atoms with E-state index in [0.29, 0.717) is 11.7 Å². The smallest absolute Gasteiger partial charge is 0.136 e. The molecule has 1 saturated carbocycles. The standard InChI is InChI=1S/C12H22O/c1-3-5-6-11(4-2)12(13)9-10-7-8-10/h10-11H,3-9H2,1-2H3. The summed E-state index contributed by atoms with van der Waals surface area (Å²) in [4.78, 5) is 11.7. The normalized spacial score (nSPS) is 18.6. The van der Waals surface area contributed by atoms with Gasteiger partial charge in [-0.25, -0.2) is 0 Å². The topological polar surface area (TPSA) is 17.1 Å². The average molecular weight is 182 g/mol. The van der Waals surface area contributed by atoms with Gasteiger partial charge in [0.25, 0.3) is 0 Å². The molecule has 1 fully saturated rings. The second-order valence-electron chi connectivity index (χ2n) is 4.36. The Labute approximate surface area is 81.9 Å². The molecule has 0 radical (unpaired) electrons. The second-order valence-corrected chi connectivity index (χ2v) is 4.36. The van der Waals surface area contributed by atoms with Gasteiger partial charge < -0.3 is 0 Å². The van der Waals surface area contributed by atoms with Crippen molar-refractivity contribution in [3.05, 3.63) is 0 Å². The number of ketones is 1. The van der Waals surface area contributed by atoms with Crippen molar-refractivity contribution >= 4 is 5.78 Å². The van der Waals surface area contributed by atoms with Crippen LogP contribution in [-0.2, 0) is 4.79 Å². The van der Waals surface area contributed by atoms with Gasteiger partial charge in [0.1, 0.15) is 5.78 Å². The van der Waals surface area contributed by atoms with Gasteiger partial charge in [-0.15, -0.1) is 0 Å². The van der Waals surface area contributed by atoms with E-state index in [1.807, 2.05) is 0 Å². The van der Waals surface area contributed by atoms with Crippen LogP contribution in [0.4, 0.5) is 0 Å². The van der Waals surface area contributed by atoms with E-state index in [0.717, 1.165) is 25.2 Å². The molecule has 0 aromatic heterocycles. The summed E-state index contributed by atoms with van der Waals surface area (Å²) in [5.41, 5.74) is 0. The third-order valence-electron chi connectivity index (χ3n) is 3.04. The molecular weight excluding hydrogens is 160 g/mol. The highest BCUT2D eigenvalue weighted by Crippen LogP contribution is 2.34. The Morgan fingerprint density at radius 3 is 2.54 bits per heavy atom. The SMILES string of the molecule is CCCCC(CC)C(=O)CC1CC1. The zero-order valence-corrected chi connectivity index (χ0v) is 9.01. The number of Topliss-reactive ketones (excluding diaryl/α,β-unsaturated/α-hetero) is 1. The lowest BCUT2D eigenvalue weighted by atomic mass is 9.92. The van der Waals surface area contributed by atoms with Gasteiger partial charge in [-0.05, 0) is 31.6 Å². The van der Waals surface area contributed by atoms with Crippen LogP contribution in [0.5, 0.6) is 0 Å². The van der Waals surface area contributed by atoms with Gasteiger partial charge in [0.05, 0.1) is 0 Å². The van der Waals surface area contributed by atoms with Gasteiger partial charge >= 0.3 is 0 Å². The van der Waals surface area contributed by atoms with E-state index in [1.165, 1.54) is 25.7 Å². The largest absolute Gasteiger partial charge is 0.299 e. The predicted octanol–water partition coefficient (Wildman–Crippen LogP) is 3.57. The Hall–Kier alpha value is -0.330.